The molecule has 0 bridgehead atoms. The van der Waals surface area contributed by atoms with E-state index in [9.17, 15) is 18.8 Å². The summed E-state index contributed by atoms with van der Waals surface area (Å²) in [5, 5.41) is 1.99. The number of benzene rings is 2. The minimum Gasteiger partial charge on any atom is -0.495 e. The molecule has 1 aliphatic rings. The predicted molar refractivity (Wildman–Crippen MR) is 101 cm³/mol. The molecule has 0 spiro atoms. The average molecular weight is 388 g/mol. The van der Waals surface area contributed by atoms with Gasteiger partial charge in [-0.1, -0.05) is 12.1 Å². The van der Waals surface area contributed by atoms with E-state index < -0.39 is 11.1 Å². The Morgan fingerprint density at radius 3 is 2.63 bits per heavy atom. The molecule has 2 aromatic rings. The van der Waals surface area contributed by atoms with Crippen LogP contribution in [0.5, 0.6) is 5.75 Å². The Bertz CT molecular complexity index is 872. The van der Waals surface area contributed by atoms with Gasteiger partial charge in [0.2, 0.25) is 17.7 Å². The summed E-state index contributed by atoms with van der Waals surface area (Å²) in [7, 11) is 1.47. The molecule has 1 unspecified atom stereocenters. The Hall–Kier alpha value is -2.87. The van der Waals surface area contributed by atoms with Crippen molar-refractivity contribution in [2.75, 3.05) is 23.1 Å². The zero-order valence-electron chi connectivity index (χ0n) is 14.5. The van der Waals surface area contributed by atoms with Gasteiger partial charge in [-0.3, -0.25) is 14.4 Å². The van der Waals surface area contributed by atoms with Crippen molar-refractivity contribution < 1.29 is 23.5 Å². The van der Waals surface area contributed by atoms with Gasteiger partial charge in [-0.2, -0.15) is 0 Å². The third-order valence-corrected chi connectivity index (χ3v) is 5.17. The summed E-state index contributed by atoms with van der Waals surface area (Å²) in [6.07, 6.45) is 0.0192. The van der Waals surface area contributed by atoms with Gasteiger partial charge in [-0.25, -0.2) is 9.29 Å². The second kappa shape index (κ2) is 8.22. The van der Waals surface area contributed by atoms with Crippen LogP contribution in [0, 0.1) is 5.82 Å². The Labute approximate surface area is 159 Å². The van der Waals surface area contributed by atoms with Crippen LogP contribution >= 0.6 is 11.8 Å². The molecule has 1 saturated heterocycles. The molecule has 1 fully saturated rings. The number of rotatable bonds is 6. The number of anilines is 2. The predicted octanol–water partition coefficient (Wildman–Crippen LogP) is 2.84. The first-order valence-corrected chi connectivity index (χ1v) is 9.21. The number of thioether (sulfide) groups is 1. The van der Waals surface area contributed by atoms with Gasteiger partial charge in [0.25, 0.3) is 0 Å². The summed E-state index contributed by atoms with van der Waals surface area (Å²) in [6, 6.07) is 12.2. The highest BCUT2D eigenvalue weighted by atomic mass is 32.2. The quantitative estimate of drug-likeness (QED) is 0.770. The van der Waals surface area contributed by atoms with Crippen LogP contribution in [0.15, 0.2) is 48.5 Å². The zero-order valence-corrected chi connectivity index (χ0v) is 15.3. The van der Waals surface area contributed by atoms with E-state index in [0.717, 1.165) is 16.7 Å². The minimum atomic E-state index is -0.638. The van der Waals surface area contributed by atoms with Gasteiger partial charge in [0.1, 0.15) is 11.6 Å². The smallest absolute Gasteiger partial charge is 0.247 e. The number of carbonyl (C=O) groups excluding carboxylic acids is 3. The standard InChI is InChI=1S/C19H17FN2O4S/c1-26-15-5-3-2-4-14(15)22-18(24)10-16(19(22)25)27-11-17(23)21-13-8-6-12(20)7-9-13/h2-9,16H,10-11H2,1H3,(H,21,23). The number of nitrogens with one attached hydrogen (secondary N) is 1. The largest absolute Gasteiger partial charge is 0.495 e. The molecular weight excluding hydrogens is 371 g/mol. The molecule has 0 radical (unpaired) electrons. The molecule has 140 valence electrons. The van der Waals surface area contributed by atoms with Gasteiger partial charge in [-0.05, 0) is 36.4 Å². The van der Waals surface area contributed by atoms with Gasteiger partial charge >= 0.3 is 0 Å². The number of nitrogens with zero attached hydrogens (tertiary/aromatic N) is 1. The SMILES string of the molecule is COc1ccccc1N1C(=O)CC(SCC(=O)Nc2ccc(F)cc2)C1=O. The summed E-state index contributed by atoms with van der Waals surface area (Å²) in [5.74, 6) is -0.999. The van der Waals surface area contributed by atoms with Crippen LogP contribution in [0.4, 0.5) is 15.8 Å². The second-order valence-electron chi connectivity index (χ2n) is 5.80. The van der Waals surface area contributed by atoms with Crippen molar-refractivity contribution in [1.82, 2.24) is 0 Å². The first kappa shape index (κ1) is 18.9. The normalized spacial score (nSPS) is 16.5. The lowest BCUT2D eigenvalue weighted by Crippen LogP contribution is -2.31. The van der Waals surface area contributed by atoms with Gasteiger partial charge in [-0.15, -0.1) is 11.8 Å². The number of halogens is 1. The van der Waals surface area contributed by atoms with Crippen LogP contribution in [0.1, 0.15) is 6.42 Å². The third kappa shape index (κ3) is 4.28. The Morgan fingerprint density at radius 2 is 1.93 bits per heavy atom. The van der Waals surface area contributed by atoms with E-state index >= 15 is 0 Å². The number of amides is 3. The molecule has 27 heavy (non-hydrogen) atoms. The topological polar surface area (TPSA) is 75.7 Å². The number of hydrogen-bond donors (Lipinski definition) is 1. The summed E-state index contributed by atoms with van der Waals surface area (Å²) in [4.78, 5) is 38.1. The Balaban J connectivity index is 1.61. The molecule has 0 aromatic heterocycles. The van der Waals surface area contributed by atoms with Crippen LogP contribution in [0.25, 0.3) is 0 Å². The molecule has 1 atom stereocenters. The van der Waals surface area contributed by atoms with E-state index in [2.05, 4.69) is 5.32 Å². The van der Waals surface area contributed by atoms with Crippen molar-refractivity contribution in [2.45, 2.75) is 11.7 Å². The molecule has 1 aliphatic heterocycles. The molecule has 3 amide bonds. The third-order valence-electron chi connectivity index (χ3n) is 3.97. The maximum Gasteiger partial charge on any atom is 0.247 e. The van der Waals surface area contributed by atoms with Crippen LogP contribution in [-0.2, 0) is 14.4 Å². The van der Waals surface area contributed by atoms with E-state index in [1.165, 1.54) is 31.4 Å². The number of methoxy groups -OCH3 is 1. The van der Waals surface area contributed by atoms with Crippen molar-refractivity contribution in [2.24, 2.45) is 0 Å². The number of para-hydroxylation sites is 2. The van der Waals surface area contributed by atoms with Crippen molar-refractivity contribution in [3.8, 4) is 5.75 Å². The van der Waals surface area contributed by atoms with Gasteiger partial charge in [0.05, 0.1) is 23.8 Å². The Morgan fingerprint density at radius 1 is 1.22 bits per heavy atom. The molecule has 3 rings (SSSR count). The van der Waals surface area contributed by atoms with E-state index in [1.54, 1.807) is 24.3 Å². The maximum atomic E-state index is 12.9. The minimum absolute atomic E-state index is 0.000821. The van der Waals surface area contributed by atoms with Crippen molar-refractivity contribution >= 4 is 40.9 Å². The van der Waals surface area contributed by atoms with Crippen LogP contribution in [-0.4, -0.2) is 35.8 Å². The summed E-state index contributed by atoms with van der Waals surface area (Å²) < 4.78 is 18.1. The molecular formula is C19H17FN2O4S. The van der Waals surface area contributed by atoms with Crippen molar-refractivity contribution in [3.63, 3.8) is 0 Å². The van der Waals surface area contributed by atoms with Crippen molar-refractivity contribution in [3.05, 3.63) is 54.3 Å². The molecule has 1 heterocycles. The summed E-state index contributed by atoms with van der Waals surface area (Å²) in [5.41, 5.74) is 0.861. The fourth-order valence-corrected chi connectivity index (χ4v) is 3.64. The van der Waals surface area contributed by atoms with E-state index in [1.807, 2.05) is 0 Å². The highest BCUT2D eigenvalue weighted by Gasteiger charge is 2.41. The van der Waals surface area contributed by atoms with Crippen LogP contribution in [0.3, 0.4) is 0 Å². The molecule has 6 nitrogen and oxygen atoms in total. The average Bonchev–Trinajstić information content (AvgIpc) is 2.95. The molecule has 2 aromatic carbocycles. The number of hydrogen-bond acceptors (Lipinski definition) is 5. The van der Waals surface area contributed by atoms with E-state index in [0.29, 0.717) is 17.1 Å². The van der Waals surface area contributed by atoms with Crippen LogP contribution < -0.4 is 15.0 Å². The fraction of sp³-hybridized carbons (Fsp3) is 0.211. The number of ether oxygens (including phenoxy) is 1. The first-order valence-electron chi connectivity index (χ1n) is 8.16. The summed E-state index contributed by atoms with van der Waals surface area (Å²) >= 11 is 1.10. The van der Waals surface area contributed by atoms with Gasteiger partial charge in [0, 0.05) is 12.1 Å². The second-order valence-corrected chi connectivity index (χ2v) is 6.99. The Kier molecular flexibility index (Phi) is 5.75. The summed E-state index contributed by atoms with van der Waals surface area (Å²) in [6.45, 7) is 0. The van der Waals surface area contributed by atoms with E-state index in [-0.39, 0.29) is 29.9 Å². The molecule has 0 aliphatic carbocycles. The van der Waals surface area contributed by atoms with Crippen molar-refractivity contribution in [1.29, 1.82) is 0 Å². The lowest BCUT2D eigenvalue weighted by atomic mass is 10.2. The number of carbonyl (C=O) groups is 3. The highest BCUT2D eigenvalue weighted by molar-refractivity contribution is 8.01. The monoisotopic (exact) mass is 388 g/mol. The first-order chi connectivity index (χ1) is 13.0. The number of imide groups is 1. The highest BCUT2D eigenvalue weighted by Crippen LogP contribution is 2.35. The van der Waals surface area contributed by atoms with Gasteiger partial charge in [0.15, 0.2) is 0 Å². The molecule has 0 saturated carbocycles. The lowest BCUT2D eigenvalue weighted by molar-refractivity contribution is -0.121. The van der Waals surface area contributed by atoms with Crippen LogP contribution in [0.2, 0.25) is 0 Å². The molecule has 1 N–H and O–H groups in total. The zero-order chi connectivity index (χ0) is 19.4. The fourth-order valence-electron chi connectivity index (χ4n) is 2.71. The maximum absolute atomic E-state index is 12.9. The van der Waals surface area contributed by atoms with Gasteiger partial charge < -0.3 is 10.1 Å². The lowest BCUT2D eigenvalue weighted by Gasteiger charge is -2.17. The molecule has 8 heteroatoms. The van der Waals surface area contributed by atoms with E-state index in [4.69, 9.17) is 4.74 Å².